The van der Waals surface area contributed by atoms with Crippen molar-refractivity contribution in [3.63, 3.8) is 0 Å². The van der Waals surface area contributed by atoms with Gasteiger partial charge in [0, 0.05) is 34.3 Å². The normalized spacial score (nSPS) is 11.1. The van der Waals surface area contributed by atoms with Crippen molar-refractivity contribution >= 4 is 17.1 Å². The Hall–Kier alpha value is -3.20. The number of imidazole rings is 1. The Bertz CT molecular complexity index is 1110. The molecule has 0 atom stereocenters. The van der Waals surface area contributed by atoms with E-state index in [0.717, 1.165) is 10.1 Å². The zero-order valence-corrected chi connectivity index (χ0v) is 16.9. The molecule has 0 N–H and O–H groups in total. The first-order valence-corrected chi connectivity index (χ1v) is 9.36. The molecule has 0 unspecified atom stereocenters. The minimum absolute atomic E-state index is 0.0225. The molecule has 0 aliphatic heterocycles. The molecule has 29 heavy (non-hydrogen) atoms. The number of benzene rings is 1. The van der Waals surface area contributed by atoms with Crippen molar-refractivity contribution in [3.05, 3.63) is 63.1 Å². The number of aryl methyl sites for hydroxylation is 1. The number of carbonyl (C=O) groups is 1. The van der Waals surface area contributed by atoms with Crippen LogP contribution in [0.1, 0.15) is 12.0 Å². The van der Waals surface area contributed by atoms with Crippen LogP contribution in [0.2, 0.25) is 0 Å². The quantitative estimate of drug-likeness (QED) is 0.515. The Morgan fingerprint density at radius 3 is 2.59 bits per heavy atom. The molecule has 3 aromatic rings. The Morgan fingerprint density at radius 2 is 1.86 bits per heavy atom. The van der Waals surface area contributed by atoms with E-state index in [-0.39, 0.29) is 23.6 Å². The summed E-state index contributed by atoms with van der Waals surface area (Å²) in [5.41, 5.74) is 0.697. The van der Waals surface area contributed by atoms with Crippen LogP contribution < -0.4 is 11.2 Å². The fourth-order valence-corrected chi connectivity index (χ4v) is 3.08. The van der Waals surface area contributed by atoms with E-state index in [4.69, 9.17) is 4.74 Å². The molecular formula is C20H25N5O4. The van der Waals surface area contributed by atoms with Crippen LogP contribution >= 0.6 is 0 Å². The number of amides is 1. The third-order valence-corrected chi connectivity index (χ3v) is 4.84. The Balaban J connectivity index is 1.56. The standard InChI is InChI=1S/C20H25N5O4/c1-22(10-7-11-29-13-15-8-5-4-6-9-15)16(26)12-25-14-21-18-17(25)19(27)24(3)20(28)23(18)2/h4-6,8-9,14H,7,10-13H2,1-3H3. The molecule has 0 aliphatic carbocycles. The number of hydrogen-bond acceptors (Lipinski definition) is 5. The minimum atomic E-state index is -0.467. The van der Waals surface area contributed by atoms with Crippen molar-refractivity contribution in [1.29, 1.82) is 0 Å². The van der Waals surface area contributed by atoms with E-state index in [9.17, 15) is 14.4 Å². The summed E-state index contributed by atoms with van der Waals surface area (Å²) in [6.07, 6.45) is 2.12. The predicted molar refractivity (Wildman–Crippen MR) is 109 cm³/mol. The van der Waals surface area contributed by atoms with Crippen LogP contribution in [-0.2, 0) is 36.8 Å². The summed E-state index contributed by atoms with van der Waals surface area (Å²) in [4.78, 5) is 42.7. The highest BCUT2D eigenvalue weighted by atomic mass is 16.5. The molecule has 1 amide bonds. The van der Waals surface area contributed by atoms with Gasteiger partial charge in [0.05, 0.1) is 12.9 Å². The molecule has 0 radical (unpaired) electrons. The maximum Gasteiger partial charge on any atom is 0.332 e. The molecule has 0 saturated heterocycles. The number of fused-ring (bicyclic) bond motifs is 1. The second-order valence-electron chi connectivity index (χ2n) is 6.96. The second-order valence-corrected chi connectivity index (χ2v) is 6.96. The van der Waals surface area contributed by atoms with E-state index in [2.05, 4.69) is 4.98 Å². The topological polar surface area (TPSA) is 91.4 Å². The van der Waals surface area contributed by atoms with Gasteiger partial charge in [-0.3, -0.25) is 18.7 Å². The molecule has 0 spiro atoms. The van der Waals surface area contributed by atoms with Gasteiger partial charge in [0.15, 0.2) is 11.2 Å². The summed E-state index contributed by atoms with van der Waals surface area (Å²) in [6, 6.07) is 9.91. The Labute approximate surface area is 167 Å². The fourth-order valence-electron chi connectivity index (χ4n) is 3.08. The predicted octanol–water partition coefficient (Wildman–Crippen LogP) is 0.499. The van der Waals surface area contributed by atoms with Gasteiger partial charge >= 0.3 is 5.69 Å². The zero-order valence-electron chi connectivity index (χ0n) is 16.9. The van der Waals surface area contributed by atoms with Gasteiger partial charge in [-0.1, -0.05) is 30.3 Å². The van der Waals surface area contributed by atoms with Gasteiger partial charge in [-0.05, 0) is 12.0 Å². The molecule has 1 aromatic carbocycles. The van der Waals surface area contributed by atoms with Crippen LogP contribution in [0.25, 0.3) is 11.2 Å². The molecule has 3 rings (SSSR count). The molecule has 9 heteroatoms. The third kappa shape index (κ3) is 4.45. The molecule has 2 heterocycles. The van der Waals surface area contributed by atoms with Crippen molar-refractivity contribution in [2.24, 2.45) is 14.1 Å². The van der Waals surface area contributed by atoms with Gasteiger partial charge in [-0.25, -0.2) is 9.78 Å². The first kappa shape index (κ1) is 20.5. The molecule has 9 nitrogen and oxygen atoms in total. The number of aromatic nitrogens is 4. The molecule has 0 fully saturated rings. The van der Waals surface area contributed by atoms with E-state index in [1.807, 2.05) is 30.3 Å². The van der Waals surface area contributed by atoms with Gasteiger partial charge < -0.3 is 14.2 Å². The number of nitrogens with zero attached hydrogens (tertiary/aromatic N) is 5. The summed E-state index contributed by atoms with van der Waals surface area (Å²) in [5.74, 6) is -0.150. The highest BCUT2D eigenvalue weighted by Crippen LogP contribution is 2.06. The third-order valence-electron chi connectivity index (χ3n) is 4.84. The monoisotopic (exact) mass is 399 g/mol. The lowest BCUT2D eigenvalue weighted by Crippen LogP contribution is -2.38. The van der Waals surface area contributed by atoms with E-state index >= 15 is 0 Å². The zero-order chi connectivity index (χ0) is 21.0. The summed E-state index contributed by atoms with van der Waals surface area (Å²) in [5, 5.41) is 0. The lowest BCUT2D eigenvalue weighted by Gasteiger charge is -2.17. The summed E-state index contributed by atoms with van der Waals surface area (Å²) in [6.45, 7) is 1.60. The lowest BCUT2D eigenvalue weighted by atomic mass is 10.2. The fraction of sp³-hybridized carbons (Fsp3) is 0.400. The van der Waals surface area contributed by atoms with Gasteiger partial charge in [0.2, 0.25) is 5.91 Å². The summed E-state index contributed by atoms with van der Waals surface area (Å²) >= 11 is 0. The summed E-state index contributed by atoms with van der Waals surface area (Å²) in [7, 11) is 4.67. The van der Waals surface area contributed by atoms with Gasteiger partial charge in [0.25, 0.3) is 5.56 Å². The van der Waals surface area contributed by atoms with Crippen LogP contribution in [0.4, 0.5) is 0 Å². The number of ether oxygens (including phenoxy) is 1. The lowest BCUT2D eigenvalue weighted by molar-refractivity contribution is -0.130. The molecule has 0 bridgehead atoms. The van der Waals surface area contributed by atoms with Crippen LogP contribution in [0.3, 0.4) is 0 Å². The SMILES string of the molecule is CN(CCCOCc1ccccc1)C(=O)Cn1cnc2c1c(=O)n(C)c(=O)n2C. The van der Waals surface area contributed by atoms with Crippen LogP contribution in [-0.4, -0.2) is 49.7 Å². The van der Waals surface area contributed by atoms with E-state index in [0.29, 0.717) is 26.2 Å². The van der Waals surface area contributed by atoms with Crippen molar-refractivity contribution < 1.29 is 9.53 Å². The first-order valence-electron chi connectivity index (χ1n) is 9.36. The summed E-state index contributed by atoms with van der Waals surface area (Å²) < 4.78 is 9.43. The Morgan fingerprint density at radius 1 is 1.14 bits per heavy atom. The first-order chi connectivity index (χ1) is 13.9. The number of carbonyl (C=O) groups excluding carboxylic acids is 1. The number of rotatable bonds is 8. The van der Waals surface area contributed by atoms with Crippen LogP contribution in [0, 0.1) is 0 Å². The molecular weight excluding hydrogens is 374 g/mol. The van der Waals surface area contributed by atoms with E-state index in [1.165, 1.54) is 22.5 Å². The van der Waals surface area contributed by atoms with Crippen LogP contribution in [0.15, 0.2) is 46.2 Å². The number of likely N-dealkylation sites (N-methyl/N-ethyl adjacent to an activating group) is 1. The van der Waals surface area contributed by atoms with Crippen molar-refractivity contribution in [3.8, 4) is 0 Å². The average Bonchev–Trinajstić information content (AvgIpc) is 3.14. The molecule has 0 aliphatic rings. The highest BCUT2D eigenvalue weighted by Gasteiger charge is 2.17. The number of hydrogen-bond donors (Lipinski definition) is 0. The molecule has 154 valence electrons. The largest absolute Gasteiger partial charge is 0.377 e. The smallest absolute Gasteiger partial charge is 0.332 e. The molecule has 0 saturated carbocycles. The molecule has 2 aromatic heterocycles. The maximum absolute atomic E-state index is 12.5. The Kier molecular flexibility index (Phi) is 6.28. The highest BCUT2D eigenvalue weighted by molar-refractivity contribution is 5.78. The van der Waals surface area contributed by atoms with Crippen molar-refractivity contribution in [1.82, 2.24) is 23.6 Å². The van der Waals surface area contributed by atoms with Gasteiger partial charge in [0.1, 0.15) is 6.54 Å². The minimum Gasteiger partial charge on any atom is -0.377 e. The van der Waals surface area contributed by atoms with Gasteiger partial charge in [-0.2, -0.15) is 0 Å². The van der Waals surface area contributed by atoms with Crippen molar-refractivity contribution in [2.75, 3.05) is 20.2 Å². The van der Waals surface area contributed by atoms with Gasteiger partial charge in [-0.15, -0.1) is 0 Å². The second kappa shape index (κ2) is 8.87. The van der Waals surface area contributed by atoms with E-state index in [1.54, 1.807) is 19.0 Å². The van der Waals surface area contributed by atoms with Crippen LogP contribution in [0.5, 0.6) is 0 Å². The average molecular weight is 399 g/mol. The van der Waals surface area contributed by atoms with Crippen molar-refractivity contribution in [2.45, 2.75) is 19.6 Å². The van der Waals surface area contributed by atoms with E-state index < -0.39 is 11.2 Å². The maximum atomic E-state index is 12.5.